The zero-order chi connectivity index (χ0) is 23.1. The Kier molecular flexibility index (Phi) is 13.8. The van der Waals surface area contributed by atoms with E-state index in [4.69, 9.17) is 4.84 Å². The first kappa shape index (κ1) is 27.3. The Bertz CT molecular complexity index is 961. The smallest absolute Gasteiger partial charge is 0.129 e. The summed E-state index contributed by atoms with van der Waals surface area (Å²) in [6.07, 6.45) is 1.75. The molecule has 0 radical (unpaired) electrons. The average molecular weight is 414 g/mol. The Morgan fingerprint density at radius 2 is 1.60 bits per heavy atom. The van der Waals surface area contributed by atoms with Crippen molar-refractivity contribution in [2.45, 2.75) is 41.5 Å². The minimum atomic E-state index is 0.552. The molecular formula is C24H39N5O. The van der Waals surface area contributed by atoms with Gasteiger partial charge in [-0.25, -0.2) is 0 Å². The van der Waals surface area contributed by atoms with E-state index < -0.39 is 0 Å². The van der Waals surface area contributed by atoms with Crippen molar-refractivity contribution in [1.29, 1.82) is 0 Å². The van der Waals surface area contributed by atoms with E-state index in [1.165, 1.54) is 0 Å². The summed E-state index contributed by atoms with van der Waals surface area (Å²) in [5, 5.41) is 16.2. The maximum absolute atomic E-state index is 5.50. The molecule has 30 heavy (non-hydrogen) atoms. The number of allylic oxidation sites excluding steroid dienone is 1. The molecular weight excluding hydrogens is 374 g/mol. The molecule has 0 atom stereocenters. The molecule has 0 spiro atoms. The van der Waals surface area contributed by atoms with E-state index in [0.29, 0.717) is 6.61 Å². The van der Waals surface area contributed by atoms with Crippen molar-refractivity contribution in [3.8, 4) is 0 Å². The fraction of sp³-hybridized carbons (Fsp3) is 0.458. The lowest BCUT2D eigenvalue weighted by Crippen LogP contribution is -2.17. The van der Waals surface area contributed by atoms with Crippen molar-refractivity contribution in [3.05, 3.63) is 53.9 Å². The standard InChI is InChI=1S/C17H21N5O.C3H6.2C2H6/c1-12-11-15(20-23-10-9-21(2)3)13-7-5-6-8-14(13)17-16(12)18-22(4)19-17;1-3-2;2*1-2/h5-8,11H,9-10H2,1-4H3;3H,1H2,2H3;2*1-2H3/b20-15-;;;. The lowest BCUT2D eigenvalue weighted by atomic mass is 10.1. The van der Waals surface area contributed by atoms with Crippen LogP contribution >= 0.6 is 0 Å². The highest BCUT2D eigenvalue weighted by molar-refractivity contribution is 6.02. The van der Waals surface area contributed by atoms with Gasteiger partial charge >= 0.3 is 0 Å². The van der Waals surface area contributed by atoms with E-state index in [-0.39, 0.29) is 0 Å². The summed E-state index contributed by atoms with van der Waals surface area (Å²) in [6.45, 7) is 16.6. The summed E-state index contributed by atoms with van der Waals surface area (Å²) in [5.41, 5.74) is 2.80. The molecule has 0 aliphatic heterocycles. The average Bonchev–Trinajstić information content (AvgIpc) is 3.11. The largest absolute Gasteiger partial charge is 0.394 e. The van der Waals surface area contributed by atoms with Crippen molar-refractivity contribution in [1.82, 2.24) is 19.9 Å². The molecule has 166 valence electrons. The summed E-state index contributed by atoms with van der Waals surface area (Å²) in [7, 11) is 5.86. The number of benzene rings is 1. The van der Waals surface area contributed by atoms with Gasteiger partial charge in [0.2, 0.25) is 0 Å². The number of nitrogens with zero attached hydrogens (tertiary/aromatic N) is 5. The van der Waals surface area contributed by atoms with Gasteiger partial charge in [-0.1, -0.05) is 63.2 Å². The molecule has 3 aromatic rings. The van der Waals surface area contributed by atoms with E-state index in [9.17, 15) is 0 Å². The second-order valence-corrected chi connectivity index (χ2v) is 6.28. The summed E-state index contributed by atoms with van der Waals surface area (Å²) in [4.78, 5) is 9.17. The Morgan fingerprint density at radius 3 is 2.17 bits per heavy atom. The van der Waals surface area contributed by atoms with Crippen LogP contribution in [-0.4, -0.2) is 47.1 Å². The Balaban J connectivity index is 0.00000108. The van der Waals surface area contributed by atoms with Crippen molar-refractivity contribution in [2.24, 2.45) is 12.2 Å². The second kappa shape index (κ2) is 15.2. The molecule has 0 saturated carbocycles. The van der Waals surface area contributed by atoms with Crippen LogP contribution in [-0.2, 0) is 11.9 Å². The molecule has 1 heterocycles. The summed E-state index contributed by atoms with van der Waals surface area (Å²) in [6, 6.07) is 10.1. The van der Waals surface area contributed by atoms with Crippen LogP contribution in [0.1, 0.15) is 40.2 Å². The van der Waals surface area contributed by atoms with Crippen LogP contribution in [0.2, 0.25) is 0 Å². The van der Waals surface area contributed by atoms with Crippen molar-refractivity contribution >= 4 is 21.8 Å². The fourth-order valence-electron chi connectivity index (χ4n) is 2.53. The second-order valence-electron chi connectivity index (χ2n) is 6.28. The Labute approximate surface area is 181 Å². The highest BCUT2D eigenvalue weighted by Crippen LogP contribution is 2.20. The van der Waals surface area contributed by atoms with Crippen LogP contribution in [0, 0.1) is 6.92 Å². The first-order chi connectivity index (χ1) is 14.5. The molecule has 0 aliphatic carbocycles. The van der Waals surface area contributed by atoms with Gasteiger partial charge in [0.15, 0.2) is 0 Å². The summed E-state index contributed by atoms with van der Waals surface area (Å²) in [5.74, 6) is 0. The Hall–Kier alpha value is -2.73. The monoisotopic (exact) mass is 413 g/mol. The van der Waals surface area contributed by atoms with Gasteiger partial charge in [-0.3, -0.25) is 0 Å². The third-order valence-corrected chi connectivity index (χ3v) is 3.69. The molecule has 0 amide bonds. The molecule has 3 rings (SSSR count). The Morgan fingerprint density at radius 1 is 1.07 bits per heavy atom. The topological polar surface area (TPSA) is 55.5 Å². The molecule has 2 aromatic carbocycles. The van der Waals surface area contributed by atoms with Crippen molar-refractivity contribution < 1.29 is 4.84 Å². The zero-order valence-electron chi connectivity index (χ0n) is 20.2. The van der Waals surface area contributed by atoms with E-state index >= 15 is 0 Å². The van der Waals surface area contributed by atoms with Crippen LogP contribution < -0.4 is 5.36 Å². The highest BCUT2D eigenvalue weighted by Gasteiger charge is 2.08. The zero-order valence-corrected chi connectivity index (χ0v) is 20.2. The van der Waals surface area contributed by atoms with Crippen molar-refractivity contribution in [2.75, 3.05) is 27.2 Å². The highest BCUT2D eigenvalue weighted by atomic mass is 16.6. The van der Waals surface area contributed by atoms with Gasteiger partial charge in [-0.05, 0) is 39.6 Å². The molecule has 6 nitrogen and oxygen atoms in total. The third-order valence-electron chi connectivity index (χ3n) is 3.69. The number of aryl methyl sites for hydroxylation is 2. The molecule has 0 aliphatic rings. The van der Waals surface area contributed by atoms with Gasteiger partial charge in [0.1, 0.15) is 23.0 Å². The van der Waals surface area contributed by atoms with Crippen LogP contribution in [0.25, 0.3) is 21.8 Å². The van der Waals surface area contributed by atoms with E-state index in [1.54, 1.807) is 10.9 Å². The number of likely N-dealkylation sites (N-methyl/N-ethyl adjacent to an activating group) is 1. The minimum absolute atomic E-state index is 0.552. The number of hydrogen-bond acceptors (Lipinski definition) is 5. The number of hydrogen-bond donors (Lipinski definition) is 0. The first-order valence-corrected chi connectivity index (χ1v) is 10.6. The normalized spacial score (nSPS) is 10.4. The summed E-state index contributed by atoms with van der Waals surface area (Å²) >= 11 is 0. The first-order valence-electron chi connectivity index (χ1n) is 10.6. The van der Waals surface area contributed by atoms with Gasteiger partial charge < -0.3 is 9.74 Å². The number of aromatic nitrogens is 3. The number of rotatable bonds is 4. The van der Waals surface area contributed by atoms with Crippen LogP contribution in [0.5, 0.6) is 0 Å². The predicted molar refractivity (Wildman–Crippen MR) is 129 cm³/mol. The quantitative estimate of drug-likeness (QED) is 0.340. The SMILES string of the molecule is C=CC.CC.CC.Cc1c/c(=N/OCCN(C)C)c2ccccc2c2nn(C)nc12. The minimum Gasteiger partial charge on any atom is -0.394 e. The van der Waals surface area contributed by atoms with Crippen LogP contribution in [0.4, 0.5) is 0 Å². The third kappa shape index (κ3) is 7.95. The molecule has 0 fully saturated rings. The maximum Gasteiger partial charge on any atom is 0.129 e. The van der Waals surface area contributed by atoms with Gasteiger partial charge in [-0.2, -0.15) is 15.0 Å². The van der Waals surface area contributed by atoms with Gasteiger partial charge in [0, 0.05) is 24.4 Å². The predicted octanol–water partition coefficient (Wildman–Crippen LogP) is 5.07. The van der Waals surface area contributed by atoms with Gasteiger partial charge in [0.25, 0.3) is 0 Å². The summed E-state index contributed by atoms with van der Waals surface area (Å²) < 4.78 is 0. The molecule has 0 bridgehead atoms. The lowest BCUT2D eigenvalue weighted by molar-refractivity contribution is 0.117. The fourth-order valence-corrected chi connectivity index (χ4v) is 2.53. The molecule has 0 unspecified atom stereocenters. The van der Waals surface area contributed by atoms with E-state index in [2.05, 4.69) is 26.8 Å². The number of fused-ring (bicyclic) bond motifs is 3. The van der Waals surface area contributed by atoms with E-state index in [1.807, 2.05) is 93.0 Å². The van der Waals surface area contributed by atoms with Crippen LogP contribution in [0.15, 0.2) is 48.1 Å². The van der Waals surface area contributed by atoms with Crippen molar-refractivity contribution in [3.63, 3.8) is 0 Å². The van der Waals surface area contributed by atoms with Crippen LogP contribution in [0.3, 0.4) is 0 Å². The van der Waals surface area contributed by atoms with E-state index in [0.717, 1.165) is 39.3 Å². The molecule has 0 N–H and O–H groups in total. The maximum atomic E-state index is 5.50. The molecule has 1 aromatic heterocycles. The lowest BCUT2D eigenvalue weighted by Gasteiger charge is -2.06. The van der Waals surface area contributed by atoms with Gasteiger partial charge in [-0.15, -0.1) is 6.58 Å². The van der Waals surface area contributed by atoms with Gasteiger partial charge in [0.05, 0.1) is 0 Å². The molecule has 6 heteroatoms. The molecule has 0 saturated heterocycles.